The Labute approximate surface area is 317 Å². The summed E-state index contributed by atoms with van der Waals surface area (Å²) in [5, 5.41) is 0. The van der Waals surface area contributed by atoms with Crippen molar-refractivity contribution in [1.29, 1.82) is 0 Å². The van der Waals surface area contributed by atoms with Crippen molar-refractivity contribution in [2.45, 2.75) is 38.5 Å². The van der Waals surface area contributed by atoms with Crippen molar-refractivity contribution in [3.05, 3.63) is 214 Å². The molecule has 0 radical (unpaired) electrons. The lowest BCUT2D eigenvalue weighted by molar-refractivity contribution is 0.102. The van der Waals surface area contributed by atoms with Crippen molar-refractivity contribution in [2.24, 2.45) is 0 Å². The van der Waals surface area contributed by atoms with Gasteiger partial charge in [-0.3, -0.25) is 9.59 Å². The van der Waals surface area contributed by atoms with Crippen molar-refractivity contribution < 1.29 is 9.59 Å². The molecular weight excluding hydrogens is 661 g/mol. The highest BCUT2D eigenvalue weighted by Crippen LogP contribution is 2.56. The minimum atomic E-state index is -0.302. The monoisotopic (exact) mass is 700 g/mol. The van der Waals surface area contributed by atoms with E-state index in [1.54, 1.807) is 0 Å². The molecule has 0 saturated carbocycles. The lowest BCUT2D eigenvalue weighted by Crippen LogP contribution is -2.32. The van der Waals surface area contributed by atoms with Crippen LogP contribution in [0.1, 0.15) is 81.8 Å². The molecule has 0 aromatic heterocycles. The van der Waals surface area contributed by atoms with Crippen molar-refractivity contribution in [3.63, 3.8) is 0 Å². The third-order valence-electron chi connectivity index (χ3n) is 11.4. The van der Waals surface area contributed by atoms with E-state index in [9.17, 15) is 0 Å². The second-order valence-electron chi connectivity index (χ2n) is 15.3. The van der Waals surface area contributed by atoms with E-state index in [2.05, 4.69) is 110 Å². The van der Waals surface area contributed by atoms with Crippen LogP contribution in [0.15, 0.2) is 170 Å². The fraction of sp³-hybridized carbons (Fsp3) is 0.120. The van der Waals surface area contributed by atoms with Crippen molar-refractivity contribution >= 4 is 45.7 Å². The molecule has 2 aliphatic heterocycles. The van der Waals surface area contributed by atoms with E-state index in [1.807, 2.05) is 97.1 Å². The maximum absolute atomic E-state index is 15.1. The minimum Gasteiger partial charge on any atom is -0.309 e. The quantitative estimate of drug-likeness (QED) is 0.162. The van der Waals surface area contributed by atoms with Gasteiger partial charge in [-0.15, -0.1) is 0 Å². The first kappa shape index (κ1) is 33.3. The molecular formula is C50H40N2O2. The normalized spacial score (nSPS) is 14.7. The summed E-state index contributed by atoms with van der Waals surface area (Å²) < 4.78 is 0. The van der Waals surface area contributed by atoms with E-state index in [0.717, 1.165) is 45.0 Å². The van der Waals surface area contributed by atoms with Crippen molar-refractivity contribution in [1.82, 2.24) is 0 Å². The number of carbonyl (C=O) groups is 2. The first-order valence-electron chi connectivity index (χ1n) is 18.5. The fourth-order valence-electron chi connectivity index (χ4n) is 8.66. The van der Waals surface area contributed by atoms with Gasteiger partial charge in [-0.05, 0) is 58.7 Å². The molecule has 7 aromatic carbocycles. The zero-order valence-electron chi connectivity index (χ0n) is 30.9. The van der Waals surface area contributed by atoms with Crippen LogP contribution in [-0.2, 0) is 10.8 Å². The van der Waals surface area contributed by atoms with E-state index in [0.29, 0.717) is 33.6 Å². The molecule has 0 amide bonds. The summed E-state index contributed by atoms with van der Waals surface area (Å²) in [6, 6.07) is 56.5. The standard InChI is InChI=1S/C50H40N2O2/c1-49(2)37-23-11-15-27-41(37)51(42-28-16-12-24-38(42)49)45-31-36(48(54)34-21-9-6-10-22-34)46(32-35(45)47(53)33-19-7-5-8-20-33)52-43-29-17-13-25-39(43)50(3,4)40-26-14-18-30-44(40)52/h5-32H,1-4H3. The zero-order valence-corrected chi connectivity index (χ0v) is 30.9. The second-order valence-corrected chi connectivity index (χ2v) is 15.3. The lowest BCUT2D eigenvalue weighted by atomic mass is 9.73. The lowest BCUT2D eigenvalue weighted by Gasteiger charge is -2.44. The Morgan fingerprint density at radius 3 is 0.907 bits per heavy atom. The van der Waals surface area contributed by atoms with Crippen LogP contribution in [0.5, 0.6) is 0 Å². The molecule has 0 fully saturated rings. The smallest absolute Gasteiger partial charge is 0.195 e. The number of hydrogen-bond donors (Lipinski definition) is 0. The number of nitrogens with zero attached hydrogens (tertiary/aromatic N) is 2. The van der Waals surface area contributed by atoms with Crippen LogP contribution in [0, 0.1) is 0 Å². The van der Waals surface area contributed by atoms with Gasteiger partial charge in [0.25, 0.3) is 0 Å². The Balaban J connectivity index is 1.41. The topological polar surface area (TPSA) is 40.6 Å². The molecule has 0 spiro atoms. The Bertz CT molecular complexity index is 2320. The highest BCUT2D eigenvalue weighted by atomic mass is 16.1. The molecule has 2 heterocycles. The summed E-state index contributed by atoms with van der Waals surface area (Å²) in [7, 11) is 0. The first-order chi connectivity index (χ1) is 26.2. The highest BCUT2D eigenvalue weighted by molar-refractivity contribution is 6.19. The molecule has 7 aromatic rings. The third-order valence-corrected chi connectivity index (χ3v) is 11.4. The molecule has 0 atom stereocenters. The van der Waals surface area contributed by atoms with Gasteiger partial charge in [-0.25, -0.2) is 0 Å². The Morgan fingerprint density at radius 2 is 0.611 bits per heavy atom. The van der Waals surface area contributed by atoms with Gasteiger partial charge in [-0.2, -0.15) is 0 Å². The van der Waals surface area contributed by atoms with Gasteiger partial charge in [0.1, 0.15) is 0 Å². The van der Waals surface area contributed by atoms with Gasteiger partial charge in [0, 0.05) is 33.1 Å². The van der Waals surface area contributed by atoms with Crippen LogP contribution in [0.2, 0.25) is 0 Å². The van der Waals surface area contributed by atoms with Crippen molar-refractivity contribution in [2.75, 3.05) is 9.80 Å². The van der Waals surface area contributed by atoms with E-state index in [-0.39, 0.29) is 22.4 Å². The molecule has 4 heteroatoms. The third kappa shape index (κ3) is 5.05. The van der Waals surface area contributed by atoms with Crippen LogP contribution in [0.3, 0.4) is 0 Å². The molecule has 0 unspecified atom stereocenters. The summed E-state index contributed by atoms with van der Waals surface area (Å²) >= 11 is 0. The maximum Gasteiger partial charge on any atom is 0.195 e. The zero-order chi connectivity index (χ0) is 37.2. The number of rotatable bonds is 6. The van der Waals surface area contributed by atoms with Gasteiger partial charge in [0.15, 0.2) is 11.6 Å². The van der Waals surface area contributed by atoms with Crippen LogP contribution in [0.25, 0.3) is 0 Å². The van der Waals surface area contributed by atoms with E-state index in [1.165, 1.54) is 0 Å². The molecule has 54 heavy (non-hydrogen) atoms. The molecule has 9 rings (SSSR count). The first-order valence-corrected chi connectivity index (χ1v) is 18.5. The molecule has 0 aliphatic carbocycles. The van der Waals surface area contributed by atoms with Gasteiger partial charge in [0.05, 0.1) is 34.1 Å². The Kier molecular flexibility index (Phi) is 7.75. The van der Waals surface area contributed by atoms with Crippen LogP contribution < -0.4 is 9.80 Å². The Morgan fingerprint density at radius 1 is 0.352 bits per heavy atom. The summed E-state index contributed by atoms with van der Waals surface area (Å²) in [5.74, 6) is -0.242. The maximum atomic E-state index is 15.1. The van der Waals surface area contributed by atoms with Gasteiger partial charge < -0.3 is 9.80 Å². The number of anilines is 6. The number of fused-ring (bicyclic) bond motifs is 4. The molecule has 0 N–H and O–H groups in total. The van der Waals surface area contributed by atoms with Crippen molar-refractivity contribution in [3.8, 4) is 0 Å². The second kappa shape index (κ2) is 12.6. The summed E-state index contributed by atoms with van der Waals surface area (Å²) in [6.07, 6.45) is 0. The average molecular weight is 701 g/mol. The van der Waals surface area contributed by atoms with E-state index < -0.39 is 0 Å². The molecule has 2 aliphatic rings. The summed E-state index contributed by atoms with van der Waals surface area (Å²) in [5.41, 5.74) is 11.3. The summed E-state index contributed by atoms with van der Waals surface area (Å²) in [4.78, 5) is 34.6. The van der Waals surface area contributed by atoms with Crippen LogP contribution >= 0.6 is 0 Å². The molecule has 4 nitrogen and oxygen atoms in total. The number of ketones is 2. The predicted octanol–water partition coefficient (Wildman–Crippen LogP) is 12.4. The number of benzene rings is 7. The Hall–Kier alpha value is -6.52. The average Bonchev–Trinajstić information content (AvgIpc) is 3.21. The van der Waals surface area contributed by atoms with E-state index >= 15 is 9.59 Å². The minimum absolute atomic E-state index is 0.121. The highest BCUT2D eigenvalue weighted by Gasteiger charge is 2.41. The fourth-order valence-corrected chi connectivity index (χ4v) is 8.66. The van der Waals surface area contributed by atoms with Gasteiger partial charge >= 0.3 is 0 Å². The largest absolute Gasteiger partial charge is 0.309 e. The number of para-hydroxylation sites is 4. The summed E-state index contributed by atoms with van der Waals surface area (Å²) in [6.45, 7) is 8.99. The predicted molar refractivity (Wildman–Crippen MR) is 220 cm³/mol. The SMILES string of the molecule is CC1(C)c2ccccc2N(c2cc(C(=O)c3ccccc3)c(N3c4ccccc4C(C)(C)c4ccccc43)cc2C(=O)c2ccccc2)c2ccccc21. The molecule has 262 valence electrons. The molecule has 0 saturated heterocycles. The number of hydrogen-bond acceptors (Lipinski definition) is 4. The van der Waals surface area contributed by atoms with Crippen LogP contribution in [0.4, 0.5) is 34.1 Å². The van der Waals surface area contributed by atoms with Gasteiger partial charge in [-0.1, -0.05) is 161 Å². The van der Waals surface area contributed by atoms with E-state index in [4.69, 9.17) is 0 Å². The number of carbonyl (C=O) groups excluding carboxylic acids is 2. The van der Waals surface area contributed by atoms with Gasteiger partial charge in [0.2, 0.25) is 0 Å². The molecule has 0 bridgehead atoms. The van der Waals surface area contributed by atoms with Crippen LogP contribution in [-0.4, -0.2) is 11.6 Å².